The van der Waals surface area contributed by atoms with Crippen LogP contribution in [0.3, 0.4) is 0 Å². The topological polar surface area (TPSA) is 54.4 Å². The predicted molar refractivity (Wildman–Crippen MR) is 64.1 cm³/mol. The second-order valence-corrected chi connectivity index (χ2v) is 4.74. The molecule has 0 spiro atoms. The zero-order valence-corrected chi connectivity index (χ0v) is 9.70. The van der Waals surface area contributed by atoms with Gasteiger partial charge in [0.2, 0.25) is 0 Å². The summed E-state index contributed by atoms with van der Waals surface area (Å²) in [6, 6.07) is 4.81. The highest BCUT2D eigenvalue weighted by molar-refractivity contribution is 7.85. The molecule has 0 heterocycles. The minimum atomic E-state index is -4.18. The number of hydrogen-bond acceptors (Lipinski definition) is 2. The second-order valence-electron chi connectivity index (χ2n) is 3.35. The maximum absolute atomic E-state index is 11.2. The standard InChI is InChI=1S/C12H14O3S/c1-3-6-10-8-5-9-12(16(13,14)15)11(10)7-4-2/h3-5,8-9H,1-2,6-7H2,(H,13,14,15). The van der Waals surface area contributed by atoms with Crippen LogP contribution in [0.4, 0.5) is 0 Å². The van der Waals surface area contributed by atoms with Gasteiger partial charge in [0.05, 0.1) is 4.90 Å². The van der Waals surface area contributed by atoms with Gasteiger partial charge in [-0.25, -0.2) is 0 Å². The van der Waals surface area contributed by atoms with Crippen molar-refractivity contribution >= 4 is 10.1 Å². The molecule has 0 aromatic heterocycles. The van der Waals surface area contributed by atoms with E-state index in [1.807, 2.05) is 6.07 Å². The molecule has 0 aliphatic carbocycles. The first kappa shape index (κ1) is 12.7. The van der Waals surface area contributed by atoms with Crippen molar-refractivity contribution in [2.75, 3.05) is 0 Å². The van der Waals surface area contributed by atoms with Crippen LogP contribution in [0.5, 0.6) is 0 Å². The van der Waals surface area contributed by atoms with Crippen molar-refractivity contribution in [2.45, 2.75) is 17.7 Å². The molecule has 3 nitrogen and oxygen atoms in total. The van der Waals surface area contributed by atoms with E-state index in [1.165, 1.54) is 6.07 Å². The number of rotatable bonds is 5. The molecule has 0 bridgehead atoms. The van der Waals surface area contributed by atoms with Gasteiger partial charge in [0.15, 0.2) is 0 Å². The lowest BCUT2D eigenvalue weighted by Gasteiger charge is -2.10. The first-order chi connectivity index (χ1) is 7.50. The summed E-state index contributed by atoms with van der Waals surface area (Å²) in [5, 5.41) is 0. The summed E-state index contributed by atoms with van der Waals surface area (Å²) >= 11 is 0. The summed E-state index contributed by atoms with van der Waals surface area (Å²) in [7, 11) is -4.18. The molecule has 0 saturated carbocycles. The molecule has 0 saturated heterocycles. The summed E-state index contributed by atoms with van der Waals surface area (Å²) in [6.07, 6.45) is 4.26. The quantitative estimate of drug-likeness (QED) is 0.633. The Morgan fingerprint density at radius 1 is 1.19 bits per heavy atom. The van der Waals surface area contributed by atoms with Crippen molar-refractivity contribution in [1.82, 2.24) is 0 Å². The zero-order chi connectivity index (χ0) is 12.2. The molecule has 1 N–H and O–H groups in total. The molecule has 1 rings (SSSR count). The SMILES string of the molecule is C=CCc1cccc(S(=O)(=O)O)c1CC=C. The van der Waals surface area contributed by atoms with Crippen molar-refractivity contribution in [3.8, 4) is 0 Å². The van der Waals surface area contributed by atoms with E-state index in [2.05, 4.69) is 13.2 Å². The highest BCUT2D eigenvalue weighted by Gasteiger charge is 2.16. The predicted octanol–water partition coefficient (Wildman–Crippen LogP) is 2.39. The fourth-order valence-corrected chi connectivity index (χ4v) is 2.35. The van der Waals surface area contributed by atoms with Gasteiger partial charge in [-0.2, -0.15) is 8.42 Å². The minimum absolute atomic E-state index is 0.0493. The molecule has 0 atom stereocenters. The van der Waals surface area contributed by atoms with Gasteiger partial charge in [0.1, 0.15) is 0 Å². The molecule has 0 radical (unpaired) electrons. The summed E-state index contributed by atoms with van der Waals surface area (Å²) in [5.41, 5.74) is 1.42. The minimum Gasteiger partial charge on any atom is -0.282 e. The van der Waals surface area contributed by atoms with Crippen LogP contribution in [-0.2, 0) is 23.0 Å². The summed E-state index contributed by atoms with van der Waals surface area (Å²) in [4.78, 5) is -0.0493. The van der Waals surface area contributed by atoms with Crippen LogP contribution >= 0.6 is 0 Å². The monoisotopic (exact) mass is 238 g/mol. The van der Waals surface area contributed by atoms with E-state index in [0.29, 0.717) is 18.4 Å². The van der Waals surface area contributed by atoms with Gasteiger partial charge in [-0.1, -0.05) is 24.3 Å². The van der Waals surface area contributed by atoms with Gasteiger partial charge in [0.25, 0.3) is 10.1 Å². The van der Waals surface area contributed by atoms with Gasteiger partial charge in [-0.15, -0.1) is 13.2 Å². The second kappa shape index (κ2) is 5.09. The normalized spacial score (nSPS) is 11.1. The highest BCUT2D eigenvalue weighted by Crippen LogP contribution is 2.21. The lowest BCUT2D eigenvalue weighted by atomic mass is 10.0. The van der Waals surface area contributed by atoms with Crippen molar-refractivity contribution < 1.29 is 13.0 Å². The Morgan fingerprint density at radius 2 is 1.81 bits per heavy atom. The zero-order valence-electron chi connectivity index (χ0n) is 8.89. The van der Waals surface area contributed by atoms with E-state index in [4.69, 9.17) is 4.55 Å². The van der Waals surface area contributed by atoms with Crippen LogP contribution < -0.4 is 0 Å². The molecule has 0 unspecified atom stereocenters. The smallest absolute Gasteiger partial charge is 0.282 e. The van der Waals surface area contributed by atoms with E-state index in [9.17, 15) is 8.42 Å². The van der Waals surface area contributed by atoms with Crippen molar-refractivity contribution in [3.63, 3.8) is 0 Å². The average molecular weight is 238 g/mol. The first-order valence-corrected chi connectivity index (χ1v) is 6.24. The Balaban J connectivity index is 3.43. The van der Waals surface area contributed by atoms with Crippen LogP contribution in [0.2, 0.25) is 0 Å². The van der Waals surface area contributed by atoms with Gasteiger partial charge in [-0.3, -0.25) is 4.55 Å². The van der Waals surface area contributed by atoms with Gasteiger partial charge in [0, 0.05) is 0 Å². The molecular formula is C12H14O3S. The van der Waals surface area contributed by atoms with E-state index in [0.717, 1.165) is 5.56 Å². The fourth-order valence-electron chi connectivity index (χ4n) is 1.58. The summed E-state index contributed by atoms with van der Waals surface area (Å²) in [5.74, 6) is 0. The average Bonchev–Trinajstić information content (AvgIpc) is 2.19. The van der Waals surface area contributed by atoms with E-state index < -0.39 is 10.1 Å². The molecule has 16 heavy (non-hydrogen) atoms. The lowest BCUT2D eigenvalue weighted by Crippen LogP contribution is -2.05. The molecule has 0 aliphatic rings. The van der Waals surface area contributed by atoms with E-state index in [1.54, 1.807) is 18.2 Å². The van der Waals surface area contributed by atoms with Crippen LogP contribution in [0.15, 0.2) is 48.4 Å². The third kappa shape index (κ3) is 2.81. The third-order valence-electron chi connectivity index (χ3n) is 2.22. The van der Waals surface area contributed by atoms with Crippen LogP contribution in [0.1, 0.15) is 11.1 Å². The molecule has 1 aromatic carbocycles. The van der Waals surface area contributed by atoms with Crippen LogP contribution in [-0.4, -0.2) is 13.0 Å². The van der Waals surface area contributed by atoms with Gasteiger partial charge >= 0.3 is 0 Å². The lowest BCUT2D eigenvalue weighted by molar-refractivity contribution is 0.482. The summed E-state index contributed by atoms with van der Waals surface area (Å²) < 4.78 is 31.5. The largest absolute Gasteiger partial charge is 0.294 e. The molecule has 0 fully saturated rings. The third-order valence-corrected chi connectivity index (χ3v) is 3.16. The Hall–Kier alpha value is -1.39. The van der Waals surface area contributed by atoms with Crippen LogP contribution in [0, 0.1) is 0 Å². The van der Waals surface area contributed by atoms with Crippen molar-refractivity contribution in [3.05, 3.63) is 54.6 Å². The van der Waals surface area contributed by atoms with E-state index in [-0.39, 0.29) is 4.90 Å². The Labute approximate surface area is 95.9 Å². The molecule has 1 aromatic rings. The van der Waals surface area contributed by atoms with Gasteiger partial charge in [-0.05, 0) is 30.0 Å². The molecule has 0 aliphatic heterocycles. The maximum atomic E-state index is 11.2. The number of allylic oxidation sites excluding steroid dienone is 2. The first-order valence-electron chi connectivity index (χ1n) is 4.80. The molecular weight excluding hydrogens is 224 g/mol. The van der Waals surface area contributed by atoms with Crippen molar-refractivity contribution in [1.29, 1.82) is 0 Å². The van der Waals surface area contributed by atoms with Crippen molar-refractivity contribution in [2.24, 2.45) is 0 Å². The Kier molecular flexibility index (Phi) is 4.04. The maximum Gasteiger partial charge on any atom is 0.294 e. The number of benzene rings is 1. The summed E-state index contributed by atoms with van der Waals surface area (Å²) in [6.45, 7) is 7.19. The molecule has 4 heteroatoms. The fraction of sp³-hybridized carbons (Fsp3) is 0.167. The Morgan fingerprint density at radius 3 is 2.31 bits per heavy atom. The van der Waals surface area contributed by atoms with E-state index >= 15 is 0 Å². The molecule has 86 valence electrons. The molecule has 0 amide bonds. The number of hydrogen-bond donors (Lipinski definition) is 1. The van der Waals surface area contributed by atoms with Gasteiger partial charge < -0.3 is 0 Å². The Bertz CT molecular complexity index is 501. The highest BCUT2D eigenvalue weighted by atomic mass is 32.2. The van der Waals surface area contributed by atoms with Crippen LogP contribution in [0.25, 0.3) is 0 Å².